The predicted molar refractivity (Wildman–Crippen MR) is 73.9 cm³/mol. The molecule has 1 aromatic heterocycles. The monoisotopic (exact) mass is 258 g/mol. The van der Waals surface area contributed by atoms with Gasteiger partial charge in [0.2, 0.25) is 0 Å². The van der Waals surface area contributed by atoms with E-state index in [9.17, 15) is 4.79 Å². The summed E-state index contributed by atoms with van der Waals surface area (Å²) < 4.78 is 5.64. The van der Waals surface area contributed by atoms with E-state index >= 15 is 0 Å². The molecule has 4 nitrogen and oxygen atoms in total. The van der Waals surface area contributed by atoms with Gasteiger partial charge in [-0.05, 0) is 24.5 Å². The Hall–Kier alpha value is -1.81. The molecule has 2 N–H and O–H groups in total. The Kier molecular flexibility index (Phi) is 3.03. The van der Waals surface area contributed by atoms with Crippen molar-refractivity contribution in [3.05, 3.63) is 36.1 Å². The van der Waals surface area contributed by atoms with Gasteiger partial charge in [0.15, 0.2) is 5.76 Å². The van der Waals surface area contributed by atoms with Crippen LogP contribution in [0.25, 0.3) is 11.0 Å². The fourth-order valence-electron chi connectivity index (χ4n) is 2.85. The number of furan rings is 1. The van der Waals surface area contributed by atoms with Crippen molar-refractivity contribution in [1.29, 1.82) is 0 Å². The minimum Gasteiger partial charge on any atom is -0.451 e. The van der Waals surface area contributed by atoms with E-state index < -0.39 is 0 Å². The summed E-state index contributed by atoms with van der Waals surface area (Å²) in [4.78, 5) is 14.4. The number of nitrogens with zero attached hydrogens (tertiary/aromatic N) is 1. The van der Waals surface area contributed by atoms with Crippen LogP contribution < -0.4 is 5.73 Å². The Morgan fingerprint density at radius 1 is 1.47 bits per heavy atom. The van der Waals surface area contributed by atoms with E-state index in [1.54, 1.807) is 0 Å². The minimum atomic E-state index is -0.0454. The lowest BCUT2D eigenvalue weighted by Crippen LogP contribution is -2.42. The molecule has 1 aromatic carbocycles. The van der Waals surface area contributed by atoms with Crippen LogP contribution in [0.2, 0.25) is 0 Å². The maximum Gasteiger partial charge on any atom is 0.289 e. The van der Waals surface area contributed by atoms with Crippen LogP contribution in [0.4, 0.5) is 0 Å². The van der Waals surface area contributed by atoms with E-state index in [4.69, 9.17) is 10.2 Å². The van der Waals surface area contributed by atoms with Crippen LogP contribution >= 0.6 is 0 Å². The number of para-hydroxylation sites is 1. The van der Waals surface area contributed by atoms with E-state index in [2.05, 4.69) is 6.92 Å². The third-order valence-electron chi connectivity index (χ3n) is 4.02. The van der Waals surface area contributed by atoms with Crippen molar-refractivity contribution in [2.75, 3.05) is 13.1 Å². The van der Waals surface area contributed by atoms with Crippen LogP contribution in [0.3, 0.4) is 0 Å². The number of nitrogens with two attached hydrogens (primary N) is 1. The minimum absolute atomic E-state index is 0.0454. The number of hydrogen-bond acceptors (Lipinski definition) is 3. The van der Waals surface area contributed by atoms with Gasteiger partial charge in [-0.25, -0.2) is 0 Å². The molecule has 2 aromatic rings. The highest BCUT2D eigenvalue weighted by Crippen LogP contribution is 2.27. The van der Waals surface area contributed by atoms with Gasteiger partial charge >= 0.3 is 0 Å². The molecule has 2 atom stereocenters. The molecule has 3 rings (SSSR count). The quantitative estimate of drug-likeness (QED) is 0.898. The Bertz CT molecular complexity index is 572. The van der Waals surface area contributed by atoms with Gasteiger partial charge in [0.25, 0.3) is 5.91 Å². The van der Waals surface area contributed by atoms with Gasteiger partial charge in [0.1, 0.15) is 5.58 Å². The lowest BCUT2D eigenvalue weighted by molar-refractivity contribution is 0.0697. The largest absolute Gasteiger partial charge is 0.451 e. The van der Waals surface area contributed by atoms with Crippen molar-refractivity contribution >= 4 is 16.9 Å². The first-order valence-corrected chi connectivity index (χ1v) is 6.70. The maximum atomic E-state index is 12.5. The molecule has 1 aliphatic rings. The van der Waals surface area contributed by atoms with Crippen LogP contribution in [-0.2, 0) is 0 Å². The van der Waals surface area contributed by atoms with Crippen molar-refractivity contribution in [2.45, 2.75) is 19.4 Å². The standard InChI is InChI=1S/C15H18N2O2/c1-10-6-7-17(12(10)9-16)15(18)14-8-11-4-2-3-5-13(11)19-14/h2-5,8,10,12H,6-7,9,16H2,1H3. The fourth-order valence-corrected chi connectivity index (χ4v) is 2.85. The third kappa shape index (κ3) is 2.02. The average molecular weight is 258 g/mol. The zero-order valence-electron chi connectivity index (χ0n) is 11.0. The van der Waals surface area contributed by atoms with Crippen LogP contribution in [0.15, 0.2) is 34.7 Å². The zero-order chi connectivity index (χ0) is 13.4. The van der Waals surface area contributed by atoms with E-state index in [1.807, 2.05) is 35.2 Å². The Morgan fingerprint density at radius 2 is 2.26 bits per heavy atom. The van der Waals surface area contributed by atoms with Crippen molar-refractivity contribution in [3.63, 3.8) is 0 Å². The number of likely N-dealkylation sites (tertiary alicyclic amines) is 1. The molecule has 19 heavy (non-hydrogen) atoms. The van der Waals surface area contributed by atoms with Gasteiger partial charge in [-0.2, -0.15) is 0 Å². The zero-order valence-corrected chi connectivity index (χ0v) is 11.0. The summed E-state index contributed by atoms with van der Waals surface area (Å²) in [6.45, 7) is 3.41. The fraction of sp³-hybridized carbons (Fsp3) is 0.400. The number of amides is 1. The molecule has 0 bridgehead atoms. The van der Waals surface area contributed by atoms with Gasteiger partial charge in [-0.1, -0.05) is 25.1 Å². The highest BCUT2D eigenvalue weighted by atomic mass is 16.3. The summed E-state index contributed by atoms with van der Waals surface area (Å²) in [6, 6.07) is 9.60. The highest BCUT2D eigenvalue weighted by Gasteiger charge is 2.34. The second-order valence-corrected chi connectivity index (χ2v) is 5.22. The molecule has 0 saturated carbocycles. The van der Waals surface area contributed by atoms with Crippen LogP contribution in [0, 0.1) is 5.92 Å². The third-order valence-corrected chi connectivity index (χ3v) is 4.02. The molecule has 1 aliphatic heterocycles. The molecule has 100 valence electrons. The van der Waals surface area contributed by atoms with Gasteiger partial charge in [-0.15, -0.1) is 0 Å². The lowest BCUT2D eigenvalue weighted by Gasteiger charge is -2.24. The maximum absolute atomic E-state index is 12.5. The Morgan fingerprint density at radius 3 is 3.00 bits per heavy atom. The molecule has 4 heteroatoms. The number of fused-ring (bicyclic) bond motifs is 1. The predicted octanol–water partition coefficient (Wildman–Crippen LogP) is 2.24. The molecular formula is C15H18N2O2. The first kappa shape index (κ1) is 12.2. The SMILES string of the molecule is CC1CCN(C(=O)c2cc3ccccc3o2)C1CN. The molecule has 0 aliphatic carbocycles. The van der Waals surface area contributed by atoms with Crippen molar-refractivity contribution in [1.82, 2.24) is 4.90 Å². The Balaban J connectivity index is 1.91. The lowest BCUT2D eigenvalue weighted by atomic mass is 10.0. The van der Waals surface area contributed by atoms with E-state index in [-0.39, 0.29) is 11.9 Å². The first-order valence-electron chi connectivity index (χ1n) is 6.70. The van der Waals surface area contributed by atoms with E-state index in [0.29, 0.717) is 18.2 Å². The van der Waals surface area contributed by atoms with Crippen LogP contribution in [-0.4, -0.2) is 29.9 Å². The van der Waals surface area contributed by atoms with Gasteiger partial charge in [-0.3, -0.25) is 4.79 Å². The van der Waals surface area contributed by atoms with Gasteiger partial charge in [0.05, 0.1) is 0 Å². The highest BCUT2D eigenvalue weighted by molar-refractivity contribution is 5.96. The molecule has 1 fully saturated rings. The summed E-state index contributed by atoms with van der Waals surface area (Å²) in [5.41, 5.74) is 6.53. The van der Waals surface area contributed by atoms with Gasteiger partial charge in [0, 0.05) is 24.5 Å². The summed E-state index contributed by atoms with van der Waals surface area (Å²) in [5.74, 6) is 0.822. The normalized spacial score (nSPS) is 23.2. The topological polar surface area (TPSA) is 59.5 Å². The van der Waals surface area contributed by atoms with Gasteiger partial charge < -0.3 is 15.1 Å². The van der Waals surface area contributed by atoms with Crippen molar-refractivity contribution < 1.29 is 9.21 Å². The van der Waals surface area contributed by atoms with E-state index in [1.165, 1.54) is 0 Å². The number of benzene rings is 1. The smallest absolute Gasteiger partial charge is 0.289 e. The molecule has 1 amide bonds. The number of carbonyl (C=O) groups excluding carboxylic acids is 1. The van der Waals surface area contributed by atoms with E-state index in [0.717, 1.165) is 23.9 Å². The van der Waals surface area contributed by atoms with Crippen LogP contribution in [0.5, 0.6) is 0 Å². The second-order valence-electron chi connectivity index (χ2n) is 5.22. The first-order chi connectivity index (χ1) is 9.20. The van der Waals surface area contributed by atoms with Crippen LogP contribution in [0.1, 0.15) is 23.9 Å². The molecule has 0 radical (unpaired) electrons. The number of carbonyl (C=O) groups is 1. The number of rotatable bonds is 2. The Labute approximate surface area is 112 Å². The molecule has 0 spiro atoms. The molecule has 1 saturated heterocycles. The summed E-state index contributed by atoms with van der Waals surface area (Å²) >= 11 is 0. The number of hydrogen-bond donors (Lipinski definition) is 1. The average Bonchev–Trinajstić information content (AvgIpc) is 3.00. The summed E-state index contributed by atoms with van der Waals surface area (Å²) in [7, 11) is 0. The summed E-state index contributed by atoms with van der Waals surface area (Å²) in [6.07, 6.45) is 1.01. The molecule has 2 heterocycles. The second kappa shape index (κ2) is 4.70. The van der Waals surface area contributed by atoms with Crippen molar-refractivity contribution in [2.24, 2.45) is 11.7 Å². The summed E-state index contributed by atoms with van der Waals surface area (Å²) in [5, 5.41) is 0.961. The molecular weight excluding hydrogens is 240 g/mol. The molecule has 2 unspecified atom stereocenters. The van der Waals surface area contributed by atoms with Crippen molar-refractivity contribution in [3.8, 4) is 0 Å².